The van der Waals surface area contributed by atoms with Crippen molar-refractivity contribution in [3.05, 3.63) is 0 Å². The van der Waals surface area contributed by atoms with Crippen LogP contribution in [-0.4, -0.2) is 23.8 Å². The summed E-state index contributed by atoms with van der Waals surface area (Å²) >= 11 is 0. The van der Waals surface area contributed by atoms with Crippen molar-refractivity contribution < 1.29 is 9.94 Å². The molecule has 0 aromatic carbocycles. The Bertz CT molecular complexity index is 195. The summed E-state index contributed by atoms with van der Waals surface area (Å²) in [6.45, 7) is 6.69. The number of unbranched alkanes of at least 4 members (excludes halogenated alkanes) is 3. The second-order valence-corrected chi connectivity index (χ2v) is 4.42. The van der Waals surface area contributed by atoms with Gasteiger partial charge in [-0.05, 0) is 13.3 Å². The summed E-state index contributed by atoms with van der Waals surface area (Å²) in [5.74, 6) is 0.210. The van der Waals surface area contributed by atoms with E-state index in [1.807, 2.05) is 6.92 Å². The number of hydrogen-bond donors (Lipinski definition) is 2. The van der Waals surface area contributed by atoms with Crippen molar-refractivity contribution in [1.29, 1.82) is 0 Å². The minimum Gasteiger partial charge on any atom is -0.409 e. The molecule has 0 fully saturated rings. The molecular formula is C12H26N2O2. The van der Waals surface area contributed by atoms with Crippen LogP contribution < -0.4 is 5.73 Å². The highest BCUT2D eigenvalue weighted by atomic mass is 16.5. The molecule has 0 spiro atoms. The number of ether oxygens (including phenoxy) is 1. The molecule has 0 amide bonds. The van der Waals surface area contributed by atoms with Crippen molar-refractivity contribution in [1.82, 2.24) is 0 Å². The summed E-state index contributed by atoms with van der Waals surface area (Å²) in [4.78, 5) is 0. The number of nitrogens with two attached hydrogens (primary N) is 1. The third-order valence-corrected chi connectivity index (χ3v) is 2.72. The molecule has 0 saturated carbocycles. The SMILES string of the molecule is CCCCCCC(C)OCC(C)/C(N)=N/O. The van der Waals surface area contributed by atoms with Crippen molar-refractivity contribution in [3.8, 4) is 0 Å². The second kappa shape index (κ2) is 9.46. The third-order valence-electron chi connectivity index (χ3n) is 2.72. The van der Waals surface area contributed by atoms with E-state index in [2.05, 4.69) is 19.0 Å². The van der Waals surface area contributed by atoms with E-state index in [4.69, 9.17) is 15.7 Å². The standard InChI is InChI=1S/C12H26N2O2/c1-4-5-6-7-8-11(3)16-9-10(2)12(13)14-15/h10-11,15H,4-9H2,1-3H3,(H2,13,14). The van der Waals surface area contributed by atoms with E-state index in [1.54, 1.807) is 0 Å². The van der Waals surface area contributed by atoms with Gasteiger partial charge >= 0.3 is 0 Å². The maximum atomic E-state index is 8.48. The number of amidine groups is 1. The van der Waals surface area contributed by atoms with Gasteiger partial charge in [-0.2, -0.15) is 0 Å². The molecule has 0 aromatic heterocycles. The first-order chi connectivity index (χ1) is 7.61. The Kier molecular flexibility index (Phi) is 9.00. The van der Waals surface area contributed by atoms with Crippen molar-refractivity contribution in [2.75, 3.05) is 6.61 Å². The van der Waals surface area contributed by atoms with Gasteiger partial charge in [0.2, 0.25) is 0 Å². The van der Waals surface area contributed by atoms with Gasteiger partial charge in [-0.1, -0.05) is 44.7 Å². The van der Waals surface area contributed by atoms with Crippen molar-refractivity contribution in [3.63, 3.8) is 0 Å². The average Bonchev–Trinajstić information content (AvgIpc) is 2.30. The van der Waals surface area contributed by atoms with E-state index < -0.39 is 0 Å². The lowest BCUT2D eigenvalue weighted by molar-refractivity contribution is 0.0482. The Morgan fingerprint density at radius 3 is 2.56 bits per heavy atom. The number of nitrogens with zero attached hydrogens (tertiary/aromatic N) is 1. The van der Waals surface area contributed by atoms with Gasteiger partial charge in [0.05, 0.1) is 12.7 Å². The van der Waals surface area contributed by atoms with E-state index in [-0.39, 0.29) is 17.9 Å². The minimum atomic E-state index is -0.0249. The zero-order valence-electron chi connectivity index (χ0n) is 10.8. The maximum Gasteiger partial charge on any atom is 0.144 e. The van der Waals surface area contributed by atoms with E-state index in [0.717, 1.165) is 6.42 Å². The molecule has 16 heavy (non-hydrogen) atoms. The molecule has 0 radical (unpaired) electrons. The normalized spacial score (nSPS) is 16.1. The quantitative estimate of drug-likeness (QED) is 0.210. The van der Waals surface area contributed by atoms with Crippen LogP contribution in [0.25, 0.3) is 0 Å². The van der Waals surface area contributed by atoms with Gasteiger partial charge in [0.1, 0.15) is 5.84 Å². The van der Waals surface area contributed by atoms with Crippen molar-refractivity contribution >= 4 is 5.84 Å². The molecule has 96 valence electrons. The molecule has 0 aliphatic heterocycles. The van der Waals surface area contributed by atoms with Crippen LogP contribution in [-0.2, 0) is 4.74 Å². The molecule has 0 aromatic rings. The fraction of sp³-hybridized carbons (Fsp3) is 0.917. The fourth-order valence-electron chi connectivity index (χ4n) is 1.43. The largest absolute Gasteiger partial charge is 0.409 e. The van der Waals surface area contributed by atoms with Crippen LogP contribution in [0.1, 0.15) is 52.9 Å². The van der Waals surface area contributed by atoms with Crippen LogP contribution >= 0.6 is 0 Å². The summed E-state index contributed by atoms with van der Waals surface area (Å²) in [5, 5.41) is 11.4. The predicted octanol–water partition coefficient (Wildman–Crippen LogP) is 2.74. The predicted molar refractivity (Wildman–Crippen MR) is 66.7 cm³/mol. The summed E-state index contributed by atoms with van der Waals surface area (Å²) in [5.41, 5.74) is 5.46. The molecule has 4 nitrogen and oxygen atoms in total. The first kappa shape index (κ1) is 15.2. The Hall–Kier alpha value is -0.770. The van der Waals surface area contributed by atoms with Gasteiger partial charge < -0.3 is 15.7 Å². The topological polar surface area (TPSA) is 67.8 Å². The Labute approximate surface area is 98.9 Å². The number of oxime groups is 1. The zero-order valence-corrected chi connectivity index (χ0v) is 10.8. The van der Waals surface area contributed by atoms with Crippen LogP contribution in [0.15, 0.2) is 5.16 Å². The zero-order chi connectivity index (χ0) is 12.4. The smallest absolute Gasteiger partial charge is 0.144 e. The van der Waals surface area contributed by atoms with Crippen molar-refractivity contribution in [2.24, 2.45) is 16.8 Å². The molecule has 3 N–H and O–H groups in total. The number of rotatable bonds is 9. The summed E-state index contributed by atoms with van der Waals surface area (Å²) < 4.78 is 5.63. The lowest BCUT2D eigenvalue weighted by atomic mass is 10.1. The summed E-state index contributed by atoms with van der Waals surface area (Å²) in [6.07, 6.45) is 6.39. The van der Waals surface area contributed by atoms with Crippen molar-refractivity contribution in [2.45, 2.75) is 59.0 Å². The van der Waals surface area contributed by atoms with Crippen LogP contribution in [0.4, 0.5) is 0 Å². The highest BCUT2D eigenvalue weighted by Crippen LogP contribution is 2.09. The van der Waals surface area contributed by atoms with Gasteiger partial charge in [0.25, 0.3) is 0 Å². The molecular weight excluding hydrogens is 204 g/mol. The van der Waals surface area contributed by atoms with E-state index in [9.17, 15) is 0 Å². The van der Waals surface area contributed by atoms with Gasteiger partial charge in [-0.15, -0.1) is 0 Å². The van der Waals surface area contributed by atoms with Crippen LogP contribution in [0.5, 0.6) is 0 Å². The molecule has 0 heterocycles. The first-order valence-corrected chi connectivity index (χ1v) is 6.20. The molecule has 0 rings (SSSR count). The first-order valence-electron chi connectivity index (χ1n) is 6.20. The second-order valence-electron chi connectivity index (χ2n) is 4.42. The van der Waals surface area contributed by atoms with Crippen LogP contribution in [0, 0.1) is 5.92 Å². The van der Waals surface area contributed by atoms with E-state index >= 15 is 0 Å². The Morgan fingerprint density at radius 1 is 1.31 bits per heavy atom. The Morgan fingerprint density at radius 2 is 2.00 bits per heavy atom. The van der Waals surface area contributed by atoms with Gasteiger partial charge in [0.15, 0.2) is 0 Å². The van der Waals surface area contributed by atoms with E-state index in [0.29, 0.717) is 6.61 Å². The van der Waals surface area contributed by atoms with Gasteiger partial charge in [-0.3, -0.25) is 0 Å². The molecule has 0 saturated heterocycles. The average molecular weight is 230 g/mol. The minimum absolute atomic E-state index is 0.0249. The summed E-state index contributed by atoms with van der Waals surface area (Å²) in [7, 11) is 0. The molecule has 0 bridgehead atoms. The molecule has 0 aliphatic carbocycles. The fourth-order valence-corrected chi connectivity index (χ4v) is 1.43. The van der Waals surface area contributed by atoms with Gasteiger partial charge in [-0.25, -0.2) is 0 Å². The summed E-state index contributed by atoms with van der Waals surface area (Å²) in [6, 6.07) is 0. The third kappa shape index (κ3) is 7.51. The molecule has 2 atom stereocenters. The molecule has 4 heteroatoms. The van der Waals surface area contributed by atoms with E-state index in [1.165, 1.54) is 25.7 Å². The lowest BCUT2D eigenvalue weighted by Crippen LogP contribution is -2.26. The molecule has 0 aliphatic rings. The lowest BCUT2D eigenvalue weighted by Gasteiger charge is -2.16. The molecule has 2 unspecified atom stereocenters. The monoisotopic (exact) mass is 230 g/mol. The van der Waals surface area contributed by atoms with Crippen LogP contribution in [0.3, 0.4) is 0 Å². The van der Waals surface area contributed by atoms with Gasteiger partial charge in [0, 0.05) is 5.92 Å². The number of hydrogen-bond acceptors (Lipinski definition) is 3. The maximum absolute atomic E-state index is 8.48. The highest BCUT2D eigenvalue weighted by Gasteiger charge is 2.10. The Balaban J connectivity index is 3.53. The highest BCUT2D eigenvalue weighted by molar-refractivity contribution is 5.81. The van der Waals surface area contributed by atoms with Crippen LogP contribution in [0.2, 0.25) is 0 Å².